The molecule has 0 N–H and O–H groups in total. The van der Waals surface area contributed by atoms with Crippen LogP contribution in [-0.4, -0.2) is 35.7 Å². The van der Waals surface area contributed by atoms with Crippen LogP contribution in [0.2, 0.25) is 5.02 Å². The van der Waals surface area contributed by atoms with Gasteiger partial charge in [-0.15, -0.1) is 0 Å². The summed E-state index contributed by atoms with van der Waals surface area (Å²) in [4.78, 5) is 40.5. The first-order chi connectivity index (χ1) is 10.5. The molecular formula is C16H13ClN2O3. The van der Waals surface area contributed by atoms with Crippen LogP contribution in [-0.2, 0) is 14.4 Å². The van der Waals surface area contributed by atoms with Gasteiger partial charge in [-0.25, -0.2) is 4.90 Å². The van der Waals surface area contributed by atoms with Crippen molar-refractivity contribution < 1.29 is 14.4 Å². The zero-order chi connectivity index (χ0) is 15.6. The van der Waals surface area contributed by atoms with Gasteiger partial charge in [-0.1, -0.05) is 23.8 Å². The first-order valence-corrected chi connectivity index (χ1v) is 7.47. The van der Waals surface area contributed by atoms with E-state index in [4.69, 9.17) is 11.6 Å². The highest BCUT2D eigenvalue weighted by molar-refractivity contribution is 6.31. The topological polar surface area (TPSA) is 57.7 Å². The van der Waals surface area contributed by atoms with Gasteiger partial charge in [0.15, 0.2) is 0 Å². The predicted octanol–water partition coefficient (Wildman–Crippen LogP) is 1.47. The molecule has 1 aromatic rings. The zero-order valence-electron chi connectivity index (χ0n) is 11.8. The number of piperidine rings is 1. The largest absolute Gasteiger partial charge is 0.338 e. The molecule has 1 aliphatic carbocycles. The molecule has 0 aromatic heterocycles. The fourth-order valence-corrected chi connectivity index (χ4v) is 3.88. The van der Waals surface area contributed by atoms with Crippen molar-refractivity contribution in [3.05, 3.63) is 41.4 Å². The Balaban J connectivity index is 1.78. The van der Waals surface area contributed by atoms with Crippen LogP contribution in [0, 0.1) is 17.8 Å². The monoisotopic (exact) mass is 316 g/mol. The van der Waals surface area contributed by atoms with Crippen molar-refractivity contribution in [1.29, 1.82) is 0 Å². The van der Waals surface area contributed by atoms with E-state index in [1.807, 2.05) is 6.08 Å². The highest BCUT2D eigenvalue weighted by Crippen LogP contribution is 2.46. The molecule has 2 fully saturated rings. The van der Waals surface area contributed by atoms with Crippen molar-refractivity contribution in [2.75, 3.05) is 11.9 Å². The third-order valence-corrected chi connectivity index (χ3v) is 5.09. The normalized spacial score (nSPS) is 32.9. The van der Waals surface area contributed by atoms with Crippen LogP contribution in [0.5, 0.6) is 0 Å². The zero-order valence-corrected chi connectivity index (χ0v) is 12.5. The predicted molar refractivity (Wildman–Crippen MR) is 80.1 cm³/mol. The van der Waals surface area contributed by atoms with Crippen LogP contribution in [0.3, 0.4) is 0 Å². The van der Waals surface area contributed by atoms with Gasteiger partial charge in [0.05, 0.1) is 29.5 Å². The number of hydrogen-bond acceptors (Lipinski definition) is 3. The fraction of sp³-hybridized carbons (Fsp3) is 0.312. The first kappa shape index (κ1) is 13.5. The summed E-state index contributed by atoms with van der Waals surface area (Å²) in [5.41, 5.74) is 0.503. The summed E-state index contributed by atoms with van der Waals surface area (Å²) in [6.45, 7) is 0. The highest BCUT2D eigenvalue weighted by Gasteiger charge is 2.61. The van der Waals surface area contributed by atoms with Gasteiger partial charge in [-0.3, -0.25) is 14.4 Å². The van der Waals surface area contributed by atoms with E-state index in [1.165, 1.54) is 4.90 Å². The lowest BCUT2D eigenvalue weighted by Crippen LogP contribution is -2.57. The molecule has 0 spiro atoms. The molecule has 4 unspecified atom stereocenters. The maximum atomic E-state index is 12.8. The lowest BCUT2D eigenvalue weighted by molar-refractivity contribution is -0.148. The van der Waals surface area contributed by atoms with Crippen molar-refractivity contribution in [2.45, 2.75) is 6.04 Å². The number of carbonyl (C=O) groups is 3. The number of benzene rings is 1. The molecule has 3 amide bonds. The Kier molecular flexibility index (Phi) is 2.72. The van der Waals surface area contributed by atoms with E-state index in [0.29, 0.717) is 10.7 Å². The van der Waals surface area contributed by atoms with Crippen LogP contribution < -0.4 is 4.90 Å². The van der Waals surface area contributed by atoms with E-state index < -0.39 is 17.8 Å². The molecule has 1 aromatic carbocycles. The minimum Gasteiger partial charge on any atom is -0.338 e. The Hall–Kier alpha value is -2.14. The molecule has 4 atom stereocenters. The third kappa shape index (κ3) is 1.57. The lowest BCUT2D eigenvalue weighted by atomic mass is 9.70. The van der Waals surface area contributed by atoms with Gasteiger partial charge >= 0.3 is 0 Å². The van der Waals surface area contributed by atoms with Crippen LogP contribution in [0.25, 0.3) is 0 Å². The molecule has 112 valence electrons. The Bertz CT molecular complexity index is 727. The Morgan fingerprint density at radius 3 is 2.23 bits per heavy atom. The van der Waals surface area contributed by atoms with Gasteiger partial charge in [0, 0.05) is 12.1 Å². The summed E-state index contributed by atoms with van der Waals surface area (Å²) >= 11 is 5.86. The van der Waals surface area contributed by atoms with Gasteiger partial charge in [-0.05, 0) is 24.3 Å². The molecule has 0 radical (unpaired) electrons. The number of anilines is 1. The van der Waals surface area contributed by atoms with Crippen LogP contribution in [0.4, 0.5) is 5.69 Å². The molecule has 3 aliphatic heterocycles. The van der Waals surface area contributed by atoms with E-state index >= 15 is 0 Å². The number of likely N-dealkylation sites (N-methyl/N-ethyl adjacent to an activating group) is 1. The molecule has 6 heteroatoms. The second kappa shape index (κ2) is 4.43. The van der Waals surface area contributed by atoms with Crippen molar-refractivity contribution in [3.8, 4) is 0 Å². The van der Waals surface area contributed by atoms with Crippen molar-refractivity contribution in [3.63, 3.8) is 0 Å². The summed E-state index contributed by atoms with van der Waals surface area (Å²) in [6.07, 6.45) is 3.63. The van der Waals surface area contributed by atoms with Crippen LogP contribution in [0.15, 0.2) is 36.4 Å². The minimum atomic E-state index is -0.582. The molecule has 4 aliphatic rings. The van der Waals surface area contributed by atoms with Crippen molar-refractivity contribution in [1.82, 2.24) is 4.90 Å². The number of carbonyl (C=O) groups excluding carboxylic acids is 3. The third-order valence-electron chi connectivity index (χ3n) is 4.83. The lowest BCUT2D eigenvalue weighted by Gasteiger charge is -2.44. The summed E-state index contributed by atoms with van der Waals surface area (Å²) in [7, 11) is 1.68. The molecule has 22 heavy (non-hydrogen) atoms. The van der Waals surface area contributed by atoms with Gasteiger partial charge in [0.25, 0.3) is 0 Å². The molecular weight excluding hydrogens is 304 g/mol. The Labute approximate surface area is 132 Å². The number of hydrogen-bond donors (Lipinski definition) is 0. The van der Waals surface area contributed by atoms with E-state index in [0.717, 1.165) is 0 Å². The summed E-state index contributed by atoms with van der Waals surface area (Å²) in [5.74, 6) is -2.22. The second-order valence-electron chi connectivity index (χ2n) is 5.89. The van der Waals surface area contributed by atoms with Crippen molar-refractivity contribution >= 4 is 35.0 Å². The maximum Gasteiger partial charge on any atom is 0.240 e. The second-order valence-corrected chi connectivity index (χ2v) is 6.33. The molecule has 0 saturated carbocycles. The number of fused-ring (bicyclic) bond motifs is 1. The first-order valence-electron chi connectivity index (χ1n) is 7.09. The Morgan fingerprint density at radius 2 is 1.55 bits per heavy atom. The SMILES string of the molecule is CN1C(=O)C2C=CC1C1C(=O)N(c3ccc(Cl)cc3)C(=O)C21. The van der Waals surface area contributed by atoms with Gasteiger partial charge < -0.3 is 4.90 Å². The van der Waals surface area contributed by atoms with Gasteiger partial charge in [0.1, 0.15) is 0 Å². The van der Waals surface area contributed by atoms with E-state index in [9.17, 15) is 14.4 Å². The standard InChI is InChI=1S/C16H13ClN2O3/c1-18-11-7-6-10(14(18)20)12-13(11)16(22)19(15(12)21)9-4-2-8(17)3-5-9/h2-7,10-13H,1H3. The maximum absolute atomic E-state index is 12.8. The van der Waals surface area contributed by atoms with Crippen molar-refractivity contribution in [2.24, 2.45) is 17.8 Å². The number of amides is 3. The summed E-state index contributed by atoms with van der Waals surface area (Å²) in [5, 5.41) is 0.539. The number of rotatable bonds is 1. The molecule has 5 nitrogen and oxygen atoms in total. The molecule has 2 saturated heterocycles. The summed E-state index contributed by atoms with van der Waals surface area (Å²) < 4.78 is 0. The van der Waals surface area contributed by atoms with Gasteiger partial charge in [0.2, 0.25) is 17.7 Å². The van der Waals surface area contributed by atoms with E-state index in [1.54, 1.807) is 42.3 Å². The molecule has 2 bridgehead atoms. The van der Waals surface area contributed by atoms with Crippen LogP contribution >= 0.6 is 11.6 Å². The smallest absolute Gasteiger partial charge is 0.240 e. The fourth-order valence-electron chi connectivity index (χ4n) is 3.76. The molecule has 3 heterocycles. The summed E-state index contributed by atoms with van der Waals surface area (Å²) in [6, 6.07) is 6.25. The average Bonchev–Trinajstić information content (AvgIpc) is 2.78. The quantitative estimate of drug-likeness (QED) is 0.582. The van der Waals surface area contributed by atoms with E-state index in [-0.39, 0.29) is 23.8 Å². The Morgan fingerprint density at radius 1 is 0.909 bits per heavy atom. The van der Waals surface area contributed by atoms with Crippen LogP contribution in [0.1, 0.15) is 0 Å². The average molecular weight is 317 g/mol. The molecule has 5 rings (SSSR count). The highest BCUT2D eigenvalue weighted by atomic mass is 35.5. The van der Waals surface area contributed by atoms with E-state index in [2.05, 4.69) is 0 Å². The minimum absolute atomic E-state index is 0.0899. The van der Waals surface area contributed by atoms with Gasteiger partial charge in [-0.2, -0.15) is 0 Å². The number of imide groups is 1. The number of nitrogens with zero attached hydrogens (tertiary/aromatic N) is 2. The number of halogens is 1.